The molecule has 5 heteroatoms. The summed E-state index contributed by atoms with van der Waals surface area (Å²) in [7, 11) is 0. The molecular formula is C22H20ClFO3. The van der Waals surface area contributed by atoms with Gasteiger partial charge in [0.15, 0.2) is 5.78 Å². The van der Waals surface area contributed by atoms with Crippen LogP contribution in [0.25, 0.3) is 5.57 Å². The van der Waals surface area contributed by atoms with Crippen molar-refractivity contribution in [3.8, 4) is 0 Å². The predicted molar refractivity (Wildman–Crippen MR) is 103 cm³/mol. The zero-order valence-electron chi connectivity index (χ0n) is 15.2. The summed E-state index contributed by atoms with van der Waals surface area (Å²) in [5.74, 6) is -2.85. The molecule has 2 aromatic carbocycles. The first kappa shape index (κ1) is 19.3. The Morgan fingerprint density at radius 2 is 1.93 bits per heavy atom. The van der Waals surface area contributed by atoms with E-state index in [0.717, 1.165) is 16.7 Å². The molecule has 0 aliphatic heterocycles. The van der Waals surface area contributed by atoms with Crippen molar-refractivity contribution in [3.05, 3.63) is 76.1 Å². The van der Waals surface area contributed by atoms with E-state index in [4.69, 9.17) is 16.3 Å². The minimum atomic E-state index is -0.984. The summed E-state index contributed by atoms with van der Waals surface area (Å²) in [6, 6.07) is 11.9. The lowest BCUT2D eigenvalue weighted by molar-refractivity contribution is -0.151. The lowest BCUT2D eigenvalue weighted by atomic mass is 9.73. The zero-order valence-corrected chi connectivity index (χ0v) is 15.9. The van der Waals surface area contributed by atoms with Crippen LogP contribution >= 0.6 is 11.6 Å². The molecule has 27 heavy (non-hydrogen) atoms. The Bertz CT molecular complexity index is 902. The molecule has 0 unspecified atom stereocenters. The molecule has 0 amide bonds. The summed E-state index contributed by atoms with van der Waals surface area (Å²) >= 11 is 6.25. The van der Waals surface area contributed by atoms with Crippen molar-refractivity contribution in [2.24, 2.45) is 5.92 Å². The van der Waals surface area contributed by atoms with Crippen LogP contribution < -0.4 is 0 Å². The Labute approximate surface area is 162 Å². The van der Waals surface area contributed by atoms with Crippen LogP contribution in [-0.4, -0.2) is 18.4 Å². The van der Waals surface area contributed by atoms with Crippen molar-refractivity contribution in [2.45, 2.75) is 26.2 Å². The molecule has 0 spiro atoms. The van der Waals surface area contributed by atoms with E-state index in [9.17, 15) is 14.0 Å². The van der Waals surface area contributed by atoms with E-state index in [2.05, 4.69) is 0 Å². The highest BCUT2D eigenvalue weighted by Crippen LogP contribution is 2.42. The van der Waals surface area contributed by atoms with Crippen molar-refractivity contribution in [1.29, 1.82) is 0 Å². The van der Waals surface area contributed by atoms with E-state index in [-0.39, 0.29) is 17.4 Å². The summed E-state index contributed by atoms with van der Waals surface area (Å²) in [4.78, 5) is 25.3. The average molecular weight is 387 g/mol. The number of carbonyl (C=O) groups excluding carboxylic acids is 2. The molecule has 1 aliphatic rings. The molecule has 3 nitrogen and oxygen atoms in total. The Morgan fingerprint density at radius 3 is 2.56 bits per heavy atom. The highest BCUT2D eigenvalue weighted by atomic mass is 35.5. The van der Waals surface area contributed by atoms with Gasteiger partial charge in [0.25, 0.3) is 0 Å². The van der Waals surface area contributed by atoms with Gasteiger partial charge in [0.1, 0.15) is 11.7 Å². The number of benzene rings is 2. The van der Waals surface area contributed by atoms with Crippen molar-refractivity contribution in [3.63, 3.8) is 0 Å². The number of ketones is 1. The van der Waals surface area contributed by atoms with Crippen LogP contribution in [0.2, 0.25) is 5.02 Å². The van der Waals surface area contributed by atoms with Gasteiger partial charge in [-0.25, -0.2) is 4.39 Å². The van der Waals surface area contributed by atoms with Gasteiger partial charge < -0.3 is 4.74 Å². The minimum absolute atomic E-state index is 0.182. The number of rotatable bonds is 4. The fourth-order valence-electron chi connectivity index (χ4n) is 3.45. The van der Waals surface area contributed by atoms with Gasteiger partial charge in [-0.1, -0.05) is 47.5 Å². The van der Waals surface area contributed by atoms with Crippen LogP contribution in [0, 0.1) is 18.7 Å². The van der Waals surface area contributed by atoms with E-state index < -0.39 is 23.6 Å². The van der Waals surface area contributed by atoms with Gasteiger partial charge in [0.05, 0.1) is 6.61 Å². The van der Waals surface area contributed by atoms with Crippen molar-refractivity contribution < 1.29 is 18.7 Å². The van der Waals surface area contributed by atoms with Crippen LogP contribution in [-0.2, 0) is 14.3 Å². The Kier molecular flexibility index (Phi) is 5.76. The quantitative estimate of drug-likeness (QED) is 0.542. The molecule has 3 rings (SSSR count). The number of hydrogen-bond donors (Lipinski definition) is 0. The first-order chi connectivity index (χ1) is 12.9. The molecule has 0 fully saturated rings. The fourth-order valence-corrected chi connectivity index (χ4v) is 3.75. The monoisotopic (exact) mass is 386 g/mol. The second-order valence-electron chi connectivity index (χ2n) is 6.64. The lowest BCUT2D eigenvalue weighted by Crippen LogP contribution is -2.34. The number of allylic oxidation sites excluding steroid dienone is 2. The molecule has 2 aromatic rings. The van der Waals surface area contributed by atoms with Crippen LogP contribution in [0.4, 0.5) is 4.39 Å². The third-order valence-corrected chi connectivity index (χ3v) is 5.12. The van der Waals surface area contributed by atoms with E-state index in [1.54, 1.807) is 13.0 Å². The van der Waals surface area contributed by atoms with Crippen LogP contribution in [0.5, 0.6) is 0 Å². The number of ether oxygens (including phenoxy) is 1. The molecule has 1 aliphatic carbocycles. The zero-order chi connectivity index (χ0) is 19.6. The smallest absolute Gasteiger partial charge is 0.317 e. The number of esters is 1. The highest BCUT2D eigenvalue weighted by molar-refractivity contribution is 6.31. The summed E-state index contributed by atoms with van der Waals surface area (Å²) in [6.07, 6.45) is 1.95. The third-order valence-electron chi connectivity index (χ3n) is 4.79. The van der Waals surface area contributed by atoms with Crippen LogP contribution in [0.1, 0.15) is 36.0 Å². The van der Waals surface area contributed by atoms with Crippen molar-refractivity contribution in [1.82, 2.24) is 0 Å². The number of carbonyl (C=O) groups is 2. The maximum absolute atomic E-state index is 13.5. The Hall–Kier alpha value is -2.46. The van der Waals surface area contributed by atoms with Gasteiger partial charge >= 0.3 is 5.97 Å². The van der Waals surface area contributed by atoms with E-state index in [0.29, 0.717) is 12.0 Å². The maximum atomic E-state index is 13.5. The van der Waals surface area contributed by atoms with E-state index in [1.165, 1.54) is 18.2 Å². The molecule has 0 aromatic heterocycles. The average Bonchev–Trinajstić information content (AvgIpc) is 2.62. The standard InChI is InChI=1S/C22H20ClFO3/c1-3-27-22(26)21-18(17-9-8-16(24)12-19(17)23)10-15(11-20(21)25)14-6-4-13(2)5-7-14/h4-9,11-12,18,21H,3,10H2,1-2H3/t18-,21+/m0/s1. The summed E-state index contributed by atoms with van der Waals surface area (Å²) < 4.78 is 18.6. The summed E-state index contributed by atoms with van der Waals surface area (Å²) in [5.41, 5.74) is 3.43. The fraction of sp³-hybridized carbons (Fsp3) is 0.273. The van der Waals surface area contributed by atoms with E-state index in [1.807, 2.05) is 31.2 Å². The summed E-state index contributed by atoms with van der Waals surface area (Å²) in [5, 5.41) is 0.201. The van der Waals surface area contributed by atoms with Crippen LogP contribution in [0.15, 0.2) is 48.5 Å². The molecule has 0 saturated heterocycles. The van der Waals surface area contributed by atoms with Gasteiger partial charge in [-0.05, 0) is 55.2 Å². The van der Waals surface area contributed by atoms with Gasteiger partial charge in [0.2, 0.25) is 0 Å². The normalized spacial score (nSPS) is 19.6. The molecule has 0 bridgehead atoms. The molecule has 2 atom stereocenters. The third kappa shape index (κ3) is 4.11. The largest absolute Gasteiger partial charge is 0.465 e. The van der Waals surface area contributed by atoms with Crippen molar-refractivity contribution >= 4 is 28.9 Å². The van der Waals surface area contributed by atoms with Gasteiger partial charge in [-0.3, -0.25) is 9.59 Å². The van der Waals surface area contributed by atoms with E-state index >= 15 is 0 Å². The lowest BCUT2D eigenvalue weighted by Gasteiger charge is -2.30. The number of aryl methyl sites for hydroxylation is 1. The molecule has 0 radical (unpaired) electrons. The SMILES string of the molecule is CCOC(=O)[C@H]1C(=O)C=C(c2ccc(C)cc2)C[C@H]1c1ccc(F)cc1Cl. The highest BCUT2D eigenvalue weighted by Gasteiger charge is 2.40. The molecule has 0 N–H and O–H groups in total. The van der Waals surface area contributed by atoms with Crippen LogP contribution in [0.3, 0.4) is 0 Å². The number of halogens is 2. The Morgan fingerprint density at radius 1 is 1.22 bits per heavy atom. The Balaban J connectivity index is 2.05. The maximum Gasteiger partial charge on any atom is 0.317 e. The second-order valence-corrected chi connectivity index (χ2v) is 7.05. The van der Waals surface area contributed by atoms with Crippen molar-refractivity contribution in [2.75, 3.05) is 6.61 Å². The second kappa shape index (κ2) is 8.05. The summed E-state index contributed by atoms with van der Waals surface area (Å²) in [6.45, 7) is 3.86. The molecule has 0 heterocycles. The van der Waals surface area contributed by atoms with Gasteiger partial charge in [-0.15, -0.1) is 0 Å². The molecule has 140 valence electrons. The minimum Gasteiger partial charge on any atom is -0.465 e. The first-order valence-electron chi connectivity index (χ1n) is 8.83. The van der Waals surface area contributed by atoms with Gasteiger partial charge in [0, 0.05) is 10.9 Å². The first-order valence-corrected chi connectivity index (χ1v) is 9.21. The number of hydrogen-bond acceptors (Lipinski definition) is 3. The molecular weight excluding hydrogens is 367 g/mol. The van der Waals surface area contributed by atoms with Gasteiger partial charge in [-0.2, -0.15) is 0 Å². The topological polar surface area (TPSA) is 43.4 Å². The predicted octanol–water partition coefficient (Wildman–Crippen LogP) is 5.11. The molecule has 0 saturated carbocycles.